The maximum Gasteiger partial charge on any atom is 0.303 e. The summed E-state index contributed by atoms with van der Waals surface area (Å²) in [7, 11) is 0. The number of aliphatic carboxylic acids is 2. The van der Waals surface area contributed by atoms with Gasteiger partial charge in [-0.05, 0) is 54.8 Å². The van der Waals surface area contributed by atoms with Crippen LogP contribution in [0.5, 0.6) is 0 Å². The van der Waals surface area contributed by atoms with Crippen LogP contribution in [0, 0.1) is 26.4 Å². The van der Waals surface area contributed by atoms with Crippen LogP contribution in [0.15, 0.2) is 0 Å². The molecule has 4 aliphatic rings. The van der Waals surface area contributed by atoms with Crippen LogP contribution in [0.3, 0.4) is 0 Å². The molecule has 0 aromatic heterocycles. The van der Waals surface area contributed by atoms with E-state index < -0.39 is 33.5 Å². The van der Waals surface area contributed by atoms with Gasteiger partial charge in [0.05, 0.1) is 12.8 Å². The molecule has 0 amide bonds. The van der Waals surface area contributed by atoms with Crippen LogP contribution in [0.4, 0.5) is 0 Å². The predicted octanol–water partition coefficient (Wildman–Crippen LogP) is 2.24. The first kappa shape index (κ1) is 16.0. The largest absolute Gasteiger partial charge is 0.481 e. The summed E-state index contributed by atoms with van der Waals surface area (Å²) >= 11 is 0. The van der Waals surface area contributed by atoms with Gasteiger partial charge in [0.25, 0.3) is 5.09 Å². The molecular formula is C15H21NO7. The van der Waals surface area contributed by atoms with Gasteiger partial charge in [-0.2, -0.15) is 0 Å². The fraction of sp³-hybridized carbons (Fsp3) is 0.867. The first-order valence-electron chi connectivity index (χ1n) is 7.76. The molecule has 0 saturated heterocycles. The lowest BCUT2D eigenvalue weighted by molar-refractivity contribution is -0.787. The fourth-order valence-corrected chi connectivity index (χ4v) is 6.77. The predicted molar refractivity (Wildman–Crippen MR) is 76.0 cm³/mol. The van der Waals surface area contributed by atoms with Crippen molar-refractivity contribution in [3.63, 3.8) is 0 Å². The zero-order valence-corrected chi connectivity index (χ0v) is 13.0. The minimum absolute atomic E-state index is 0.0905. The summed E-state index contributed by atoms with van der Waals surface area (Å²) in [6, 6.07) is 0. The molecule has 8 nitrogen and oxygen atoms in total. The molecular weight excluding hydrogens is 306 g/mol. The SMILES string of the molecule is CC12CC3(CC(=O)O)CC(CC(=O)O)(C1)CC(O[N+](=O)[O-])(C2)C3. The van der Waals surface area contributed by atoms with Crippen molar-refractivity contribution in [3.05, 3.63) is 10.1 Å². The van der Waals surface area contributed by atoms with Gasteiger partial charge in [-0.15, -0.1) is 10.1 Å². The summed E-state index contributed by atoms with van der Waals surface area (Å²) in [5.41, 5.74) is -2.57. The number of hydrogen-bond acceptors (Lipinski definition) is 5. The molecule has 23 heavy (non-hydrogen) atoms. The smallest absolute Gasteiger partial charge is 0.303 e. The van der Waals surface area contributed by atoms with Gasteiger partial charge in [-0.1, -0.05) is 6.92 Å². The van der Waals surface area contributed by atoms with Gasteiger partial charge < -0.3 is 15.1 Å². The summed E-state index contributed by atoms with van der Waals surface area (Å²) in [6.45, 7) is 1.98. The third-order valence-corrected chi connectivity index (χ3v) is 5.82. The summed E-state index contributed by atoms with van der Waals surface area (Å²) in [5.74, 6) is -1.89. The zero-order valence-electron chi connectivity index (χ0n) is 13.0. The van der Waals surface area contributed by atoms with E-state index in [0.29, 0.717) is 38.5 Å². The Morgan fingerprint density at radius 2 is 1.48 bits per heavy atom. The van der Waals surface area contributed by atoms with Gasteiger partial charge in [0, 0.05) is 0 Å². The zero-order chi connectivity index (χ0) is 17.1. The first-order chi connectivity index (χ1) is 10.5. The minimum Gasteiger partial charge on any atom is -0.481 e. The molecule has 0 aliphatic heterocycles. The summed E-state index contributed by atoms with van der Waals surface area (Å²) < 4.78 is 0. The van der Waals surface area contributed by atoms with Crippen LogP contribution in [0.25, 0.3) is 0 Å². The number of rotatable bonds is 6. The average molecular weight is 327 g/mol. The van der Waals surface area contributed by atoms with E-state index in [1.165, 1.54) is 0 Å². The quantitative estimate of drug-likeness (QED) is 0.565. The van der Waals surface area contributed by atoms with Crippen molar-refractivity contribution in [2.75, 3.05) is 0 Å². The number of hydrogen-bond donors (Lipinski definition) is 2. The van der Waals surface area contributed by atoms with Gasteiger partial charge >= 0.3 is 11.9 Å². The van der Waals surface area contributed by atoms with E-state index >= 15 is 0 Å². The highest BCUT2D eigenvalue weighted by atomic mass is 17.0. The van der Waals surface area contributed by atoms with Gasteiger partial charge in [-0.25, -0.2) is 0 Å². The van der Waals surface area contributed by atoms with Crippen LogP contribution >= 0.6 is 0 Å². The highest BCUT2D eigenvalue weighted by Crippen LogP contribution is 2.73. The molecule has 4 bridgehead atoms. The number of carboxylic acids is 2. The first-order valence-corrected chi connectivity index (χ1v) is 7.76. The molecule has 4 saturated carbocycles. The van der Waals surface area contributed by atoms with Crippen LogP contribution in [0.2, 0.25) is 0 Å². The maximum absolute atomic E-state index is 11.4. The lowest BCUT2D eigenvalue weighted by Gasteiger charge is -2.68. The van der Waals surface area contributed by atoms with Crippen molar-refractivity contribution in [1.82, 2.24) is 0 Å². The Morgan fingerprint density at radius 1 is 1.00 bits per heavy atom. The number of carbonyl (C=O) groups is 2. The highest BCUT2D eigenvalue weighted by Gasteiger charge is 2.68. The average Bonchev–Trinajstić information content (AvgIpc) is 2.17. The Labute approximate surface area is 132 Å². The molecule has 4 aliphatic carbocycles. The molecule has 2 N–H and O–H groups in total. The standard InChI is InChI=1S/C15H21NO7/c1-12-4-13(2-10(17)18)7-14(5-12,3-11(19)20)9-15(6-12,8-13)23-16(21)22/h2-9H2,1H3,(H,17,18)(H,19,20). The van der Waals surface area contributed by atoms with Gasteiger partial charge in [0.15, 0.2) is 0 Å². The van der Waals surface area contributed by atoms with E-state index in [1.54, 1.807) is 0 Å². The van der Waals surface area contributed by atoms with Crippen molar-refractivity contribution in [2.24, 2.45) is 16.2 Å². The lowest BCUT2D eigenvalue weighted by Crippen LogP contribution is -2.65. The van der Waals surface area contributed by atoms with Crippen LogP contribution in [-0.2, 0) is 14.4 Å². The van der Waals surface area contributed by atoms with Gasteiger partial charge in [0.2, 0.25) is 0 Å². The third-order valence-electron chi connectivity index (χ3n) is 5.82. The van der Waals surface area contributed by atoms with E-state index in [0.717, 1.165) is 0 Å². The second kappa shape index (κ2) is 4.58. The highest BCUT2D eigenvalue weighted by molar-refractivity contribution is 5.69. The monoisotopic (exact) mass is 327 g/mol. The normalized spacial score (nSPS) is 44.0. The Balaban J connectivity index is 2.04. The number of nitrogens with zero attached hydrogens (tertiary/aromatic N) is 1. The maximum atomic E-state index is 11.4. The summed E-state index contributed by atoms with van der Waals surface area (Å²) in [4.78, 5) is 38.8. The summed E-state index contributed by atoms with van der Waals surface area (Å²) in [6.07, 6.45) is 2.78. The van der Waals surface area contributed by atoms with Crippen molar-refractivity contribution in [1.29, 1.82) is 0 Å². The fourth-order valence-electron chi connectivity index (χ4n) is 6.77. The van der Waals surface area contributed by atoms with Gasteiger partial charge in [-0.3, -0.25) is 9.59 Å². The Bertz CT molecular complexity index is 500. The topological polar surface area (TPSA) is 127 Å². The molecule has 128 valence electrons. The molecule has 4 fully saturated rings. The van der Waals surface area contributed by atoms with E-state index in [9.17, 15) is 29.9 Å². The second-order valence-electron chi connectivity index (χ2n) is 8.51. The molecule has 0 heterocycles. The Morgan fingerprint density at radius 3 is 1.87 bits per heavy atom. The molecule has 0 aromatic rings. The van der Waals surface area contributed by atoms with E-state index in [4.69, 9.17) is 4.84 Å². The van der Waals surface area contributed by atoms with Crippen molar-refractivity contribution >= 4 is 11.9 Å². The molecule has 8 heteroatoms. The summed E-state index contributed by atoms with van der Waals surface area (Å²) in [5, 5.41) is 28.8. The van der Waals surface area contributed by atoms with Crippen molar-refractivity contribution in [3.8, 4) is 0 Å². The van der Waals surface area contributed by atoms with Crippen LogP contribution < -0.4 is 0 Å². The van der Waals surface area contributed by atoms with Crippen LogP contribution in [-0.4, -0.2) is 32.8 Å². The number of carboxylic acid groups (broad SMARTS) is 2. The molecule has 0 spiro atoms. The Hall–Kier alpha value is -1.86. The van der Waals surface area contributed by atoms with Gasteiger partial charge in [0.1, 0.15) is 5.60 Å². The molecule has 0 aromatic carbocycles. The minimum atomic E-state index is -1.04. The molecule has 2 atom stereocenters. The third kappa shape index (κ3) is 2.74. The lowest BCUT2D eigenvalue weighted by atomic mass is 9.37. The van der Waals surface area contributed by atoms with Crippen molar-refractivity contribution < 1.29 is 29.7 Å². The van der Waals surface area contributed by atoms with E-state index in [1.807, 2.05) is 6.92 Å². The molecule has 4 rings (SSSR count). The molecule has 2 unspecified atom stereocenters. The van der Waals surface area contributed by atoms with Crippen molar-refractivity contribution in [2.45, 2.75) is 63.9 Å². The second-order valence-corrected chi connectivity index (χ2v) is 8.51. The molecule has 0 radical (unpaired) electrons. The van der Waals surface area contributed by atoms with E-state index in [-0.39, 0.29) is 18.3 Å². The van der Waals surface area contributed by atoms with Crippen LogP contribution in [0.1, 0.15) is 58.3 Å². The van der Waals surface area contributed by atoms with E-state index in [2.05, 4.69) is 0 Å². The Kier molecular flexibility index (Phi) is 3.19.